The molecule has 7 heteroatoms. The van der Waals surface area contributed by atoms with Crippen molar-refractivity contribution in [3.8, 4) is 11.1 Å². The number of hydrogen-bond acceptors (Lipinski definition) is 5. The number of piperidine rings is 1. The number of pyridine rings is 1. The number of carbonyl (C=O) groups excluding carboxylic acids is 1. The van der Waals surface area contributed by atoms with E-state index in [0.29, 0.717) is 41.9 Å². The van der Waals surface area contributed by atoms with Gasteiger partial charge in [0.1, 0.15) is 11.2 Å². The first-order valence-corrected chi connectivity index (χ1v) is 13.4. The van der Waals surface area contributed by atoms with Gasteiger partial charge in [-0.3, -0.25) is 9.59 Å². The molecule has 2 bridgehead atoms. The maximum atomic E-state index is 13.6. The van der Waals surface area contributed by atoms with Crippen molar-refractivity contribution in [1.82, 2.24) is 9.47 Å². The Balaban J connectivity index is 1.26. The van der Waals surface area contributed by atoms with Crippen molar-refractivity contribution in [3.05, 3.63) is 104 Å². The Labute approximate surface area is 224 Å². The number of nitrogens with zero attached hydrogens (tertiary/aromatic N) is 2. The highest BCUT2D eigenvalue weighted by atomic mass is 16.4. The molecule has 3 aromatic heterocycles. The van der Waals surface area contributed by atoms with Crippen molar-refractivity contribution in [2.24, 2.45) is 5.92 Å². The predicted octanol–water partition coefficient (Wildman–Crippen LogP) is 5.17. The molecule has 2 aliphatic heterocycles. The molecule has 39 heavy (non-hydrogen) atoms. The molecule has 0 aliphatic carbocycles. The van der Waals surface area contributed by atoms with E-state index < -0.39 is 5.63 Å². The number of rotatable bonds is 3. The standard InChI is InChI=1S/C32H28N2O5/c1-18-11-26-30(31-29(18)24(17-38-31)21-7-4-3-5-8-21)19(2)23(32(37)39-26)13-28(36)33-14-20-12-22(16-33)25-9-6-10-27(35)34(25)15-20/h3-11,17,20,22H,12-16H2,1-2H3. The fraction of sp³-hybridized carbons (Fsp3) is 0.281. The lowest BCUT2D eigenvalue weighted by molar-refractivity contribution is -0.133. The molecule has 7 rings (SSSR count). The van der Waals surface area contributed by atoms with E-state index in [9.17, 15) is 14.4 Å². The number of carbonyl (C=O) groups is 1. The van der Waals surface area contributed by atoms with Crippen LogP contribution < -0.4 is 11.2 Å². The molecule has 5 heterocycles. The minimum absolute atomic E-state index is 0.0151. The molecule has 0 N–H and O–H groups in total. The molecular weight excluding hydrogens is 492 g/mol. The highest BCUT2D eigenvalue weighted by molar-refractivity contribution is 6.11. The second kappa shape index (κ2) is 8.83. The smallest absolute Gasteiger partial charge is 0.340 e. The average molecular weight is 521 g/mol. The minimum atomic E-state index is -0.490. The van der Waals surface area contributed by atoms with Crippen LogP contribution in [0.15, 0.2) is 79.3 Å². The van der Waals surface area contributed by atoms with Crippen LogP contribution in [0.4, 0.5) is 0 Å². The van der Waals surface area contributed by atoms with Crippen molar-refractivity contribution in [3.63, 3.8) is 0 Å². The van der Waals surface area contributed by atoms with E-state index in [1.165, 1.54) is 0 Å². The van der Waals surface area contributed by atoms with Crippen LogP contribution in [0.5, 0.6) is 0 Å². The lowest BCUT2D eigenvalue weighted by atomic mass is 9.83. The van der Waals surface area contributed by atoms with Gasteiger partial charge in [-0.2, -0.15) is 0 Å². The summed E-state index contributed by atoms with van der Waals surface area (Å²) in [6.45, 7) is 5.59. The highest BCUT2D eigenvalue weighted by Gasteiger charge is 2.36. The highest BCUT2D eigenvalue weighted by Crippen LogP contribution is 2.39. The molecule has 2 atom stereocenters. The summed E-state index contributed by atoms with van der Waals surface area (Å²) in [4.78, 5) is 40.9. The topological polar surface area (TPSA) is 85.7 Å². The van der Waals surface area contributed by atoms with Crippen LogP contribution in [-0.4, -0.2) is 28.5 Å². The molecule has 2 aliphatic rings. The van der Waals surface area contributed by atoms with Gasteiger partial charge in [0.15, 0.2) is 0 Å². The quantitative estimate of drug-likeness (QED) is 0.306. The number of amides is 1. The van der Waals surface area contributed by atoms with Gasteiger partial charge in [-0.1, -0.05) is 36.4 Å². The predicted molar refractivity (Wildman–Crippen MR) is 149 cm³/mol. The van der Waals surface area contributed by atoms with Gasteiger partial charge in [-0.25, -0.2) is 4.79 Å². The summed E-state index contributed by atoms with van der Waals surface area (Å²) in [5.74, 6) is 0.238. The van der Waals surface area contributed by atoms with Crippen molar-refractivity contribution in [1.29, 1.82) is 0 Å². The van der Waals surface area contributed by atoms with E-state index in [1.807, 2.05) is 65.8 Å². The van der Waals surface area contributed by atoms with Gasteiger partial charge in [0.25, 0.3) is 5.56 Å². The van der Waals surface area contributed by atoms with Crippen molar-refractivity contribution < 1.29 is 13.6 Å². The van der Waals surface area contributed by atoms with E-state index in [2.05, 4.69) is 0 Å². The van der Waals surface area contributed by atoms with Gasteiger partial charge in [0, 0.05) is 48.3 Å². The minimum Gasteiger partial charge on any atom is -0.463 e. The zero-order valence-corrected chi connectivity index (χ0v) is 21.9. The second-order valence-electron chi connectivity index (χ2n) is 11.0. The fourth-order valence-electron chi connectivity index (χ4n) is 6.69. The lowest BCUT2D eigenvalue weighted by Gasteiger charge is -2.42. The third kappa shape index (κ3) is 3.75. The third-order valence-corrected chi connectivity index (χ3v) is 8.53. The SMILES string of the molecule is Cc1cc2oc(=O)c(CC(=O)N3CC4CC(C3)c3cccc(=O)n3C4)c(C)c2c2occ(-c3ccccc3)c12. The van der Waals surface area contributed by atoms with Crippen LogP contribution in [0, 0.1) is 19.8 Å². The van der Waals surface area contributed by atoms with Crippen LogP contribution in [0.3, 0.4) is 0 Å². The maximum absolute atomic E-state index is 13.6. The van der Waals surface area contributed by atoms with E-state index in [1.54, 1.807) is 18.4 Å². The number of aromatic nitrogens is 1. The summed E-state index contributed by atoms with van der Waals surface area (Å²) in [7, 11) is 0. The van der Waals surface area contributed by atoms with Gasteiger partial charge < -0.3 is 18.3 Å². The van der Waals surface area contributed by atoms with Gasteiger partial charge in [-0.15, -0.1) is 0 Å². The van der Waals surface area contributed by atoms with Crippen molar-refractivity contribution in [2.45, 2.75) is 39.2 Å². The van der Waals surface area contributed by atoms with Crippen molar-refractivity contribution >= 4 is 27.8 Å². The first kappa shape index (κ1) is 23.7. The first-order chi connectivity index (χ1) is 18.9. The summed E-state index contributed by atoms with van der Waals surface area (Å²) < 4.78 is 13.7. The maximum Gasteiger partial charge on any atom is 0.340 e. The Morgan fingerprint density at radius 1 is 0.974 bits per heavy atom. The van der Waals surface area contributed by atoms with E-state index in [-0.39, 0.29) is 29.7 Å². The average Bonchev–Trinajstić information content (AvgIpc) is 3.37. The van der Waals surface area contributed by atoms with Crippen molar-refractivity contribution in [2.75, 3.05) is 13.1 Å². The molecule has 0 saturated carbocycles. The number of furan rings is 1. The normalized spacial score (nSPS) is 18.5. The molecule has 7 nitrogen and oxygen atoms in total. The number of aryl methyl sites for hydroxylation is 2. The van der Waals surface area contributed by atoms with Gasteiger partial charge in [0.2, 0.25) is 5.91 Å². The summed E-state index contributed by atoms with van der Waals surface area (Å²) in [5.41, 5.74) is 5.69. The van der Waals surface area contributed by atoms with Gasteiger partial charge in [0.05, 0.1) is 23.6 Å². The third-order valence-electron chi connectivity index (χ3n) is 8.53. The molecule has 1 fully saturated rings. The van der Waals surface area contributed by atoms with Crippen LogP contribution in [-0.2, 0) is 17.8 Å². The Morgan fingerprint density at radius 2 is 1.79 bits per heavy atom. The van der Waals surface area contributed by atoms with E-state index >= 15 is 0 Å². The Morgan fingerprint density at radius 3 is 2.62 bits per heavy atom. The molecular formula is C32H28N2O5. The van der Waals surface area contributed by atoms with E-state index in [4.69, 9.17) is 8.83 Å². The molecule has 1 amide bonds. The van der Waals surface area contributed by atoms with Crippen LogP contribution in [0.25, 0.3) is 33.1 Å². The molecule has 0 radical (unpaired) electrons. The Hall–Kier alpha value is -4.39. The lowest BCUT2D eigenvalue weighted by Crippen LogP contribution is -2.49. The first-order valence-electron chi connectivity index (χ1n) is 13.4. The number of benzene rings is 2. The molecule has 2 aromatic carbocycles. The number of likely N-dealkylation sites (tertiary alicyclic amines) is 1. The number of fused-ring (bicyclic) bond motifs is 7. The van der Waals surface area contributed by atoms with E-state index in [0.717, 1.165) is 39.6 Å². The Bertz CT molecular complexity index is 1900. The van der Waals surface area contributed by atoms with Crippen LogP contribution in [0.2, 0.25) is 0 Å². The summed E-state index contributed by atoms with van der Waals surface area (Å²) in [6, 6.07) is 17.3. The zero-order valence-electron chi connectivity index (χ0n) is 21.9. The summed E-state index contributed by atoms with van der Waals surface area (Å²) >= 11 is 0. The molecule has 0 spiro atoms. The second-order valence-corrected chi connectivity index (χ2v) is 11.0. The summed E-state index contributed by atoms with van der Waals surface area (Å²) in [6.07, 6.45) is 2.67. The van der Waals surface area contributed by atoms with Crippen LogP contribution >= 0.6 is 0 Å². The molecule has 1 saturated heterocycles. The van der Waals surface area contributed by atoms with Gasteiger partial charge in [-0.05, 0) is 55.0 Å². The van der Waals surface area contributed by atoms with Crippen LogP contribution in [0.1, 0.15) is 34.7 Å². The zero-order chi connectivity index (χ0) is 26.8. The molecule has 5 aromatic rings. The van der Waals surface area contributed by atoms with Gasteiger partial charge >= 0.3 is 5.63 Å². The number of hydrogen-bond donors (Lipinski definition) is 0. The largest absolute Gasteiger partial charge is 0.463 e. The monoisotopic (exact) mass is 520 g/mol. The summed E-state index contributed by atoms with van der Waals surface area (Å²) in [5, 5.41) is 1.70. The molecule has 2 unspecified atom stereocenters. The molecule has 196 valence electrons. The fourth-order valence-corrected chi connectivity index (χ4v) is 6.69. The Kier molecular flexibility index (Phi) is 5.37.